The first kappa shape index (κ1) is 19.0. The number of allylic oxidation sites excluding steroid dienone is 2. The summed E-state index contributed by atoms with van der Waals surface area (Å²) in [6.07, 6.45) is 9.09. The first-order valence-corrected chi connectivity index (χ1v) is 11.6. The molecule has 8 aliphatic rings. The molecule has 3 unspecified atom stereocenters. The van der Waals surface area contributed by atoms with Crippen LogP contribution in [-0.4, -0.2) is 55.1 Å². The highest BCUT2D eigenvalue weighted by molar-refractivity contribution is 5.46. The second-order valence-corrected chi connectivity index (χ2v) is 10.3. The Morgan fingerprint density at radius 1 is 1.07 bits per heavy atom. The molecule has 8 rings (SSSR count). The third-order valence-corrected chi connectivity index (χ3v) is 9.37. The zero-order valence-electron chi connectivity index (χ0n) is 17.7. The van der Waals surface area contributed by atoms with Crippen molar-refractivity contribution in [3.05, 3.63) is 22.8 Å². The highest BCUT2D eigenvalue weighted by Crippen LogP contribution is 2.64. The van der Waals surface area contributed by atoms with Crippen LogP contribution < -0.4 is 0 Å². The maximum atomic E-state index is 11.8. The lowest BCUT2D eigenvalue weighted by atomic mass is 9.55. The molecule has 1 saturated carbocycles. The van der Waals surface area contributed by atoms with E-state index in [1.165, 1.54) is 17.6 Å². The van der Waals surface area contributed by atoms with Gasteiger partial charge in [0.05, 0.1) is 38.1 Å². The summed E-state index contributed by atoms with van der Waals surface area (Å²) in [6.45, 7) is 6.53. The topological polar surface area (TPSA) is 57.2 Å². The molecule has 5 heteroatoms. The minimum Gasteiger partial charge on any atom is -0.387 e. The van der Waals surface area contributed by atoms with E-state index in [9.17, 15) is 5.11 Å². The molecular formula is C24H34O5. The lowest BCUT2D eigenvalue weighted by Gasteiger charge is -2.54. The largest absolute Gasteiger partial charge is 0.387 e. The average Bonchev–Trinajstić information content (AvgIpc) is 3.01. The Morgan fingerprint density at radius 2 is 1.86 bits per heavy atom. The number of aliphatic hydroxyl groups is 1. The smallest absolute Gasteiger partial charge is 0.199 e. The number of rotatable bonds is 0. The highest BCUT2D eigenvalue weighted by atomic mass is 16.7. The quantitative estimate of drug-likeness (QED) is 0.672. The maximum Gasteiger partial charge on any atom is 0.199 e. The molecule has 29 heavy (non-hydrogen) atoms. The summed E-state index contributed by atoms with van der Waals surface area (Å²) in [6, 6.07) is 0. The van der Waals surface area contributed by atoms with Gasteiger partial charge in [-0.2, -0.15) is 0 Å². The molecule has 1 N–H and O–H groups in total. The van der Waals surface area contributed by atoms with Crippen LogP contribution >= 0.6 is 0 Å². The fraction of sp³-hybridized carbons (Fsp3) is 0.833. The number of hydrogen-bond acceptors (Lipinski definition) is 5. The molecule has 0 aromatic rings. The van der Waals surface area contributed by atoms with Crippen LogP contribution in [0.2, 0.25) is 0 Å². The van der Waals surface area contributed by atoms with Crippen LogP contribution in [-0.2, 0) is 18.9 Å². The Kier molecular flexibility index (Phi) is 4.19. The summed E-state index contributed by atoms with van der Waals surface area (Å²) in [4.78, 5) is 0. The van der Waals surface area contributed by atoms with E-state index >= 15 is 0 Å². The van der Waals surface area contributed by atoms with Crippen molar-refractivity contribution in [2.75, 3.05) is 26.4 Å². The summed E-state index contributed by atoms with van der Waals surface area (Å²) in [5, 5.41) is 11.8. The van der Waals surface area contributed by atoms with Crippen LogP contribution in [0.15, 0.2) is 22.8 Å². The van der Waals surface area contributed by atoms with Gasteiger partial charge in [-0.3, -0.25) is 0 Å². The summed E-state index contributed by atoms with van der Waals surface area (Å²) in [5.74, 6) is 0.414. The second kappa shape index (κ2) is 6.39. The van der Waals surface area contributed by atoms with Crippen molar-refractivity contribution in [1.82, 2.24) is 0 Å². The SMILES string of the molecule is CC1OCCOC23CC4=C(CC2OCCO3)C2=CC[C@@]3(C)[C@H](CC[C@]13O)[C@@H]2CC4. The molecule has 4 heterocycles. The van der Waals surface area contributed by atoms with Gasteiger partial charge in [0.25, 0.3) is 0 Å². The van der Waals surface area contributed by atoms with Gasteiger partial charge in [0, 0.05) is 18.3 Å². The molecule has 7 atom stereocenters. The lowest BCUT2D eigenvalue weighted by molar-refractivity contribution is -0.330. The average molecular weight is 403 g/mol. The van der Waals surface area contributed by atoms with Gasteiger partial charge in [-0.25, -0.2) is 0 Å². The van der Waals surface area contributed by atoms with E-state index in [-0.39, 0.29) is 17.6 Å². The van der Waals surface area contributed by atoms with E-state index < -0.39 is 11.4 Å². The van der Waals surface area contributed by atoms with Crippen molar-refractivity contribution in [3.63, 3.8) is 0 Å². The molecule has 3 fully saturated rings. The van der Waals surface area contributed by atoms with Crippen LogP contribution in [0.1, 0.15) is 58.8 Å². The molecule has 4 aliphatic heterocycles. The van der Waals surface area contributed by atoms with E-state index in [1.807, 2.05) is 6.92 Å². The van der Waals surface area contributed by atoms with Crippen LogP contribution in [0.25, 0.3) is 0 Å². The monoisotopic (exact) mass is 402 g/mol. The third kappa shape index (κ3) is 2.45. The second-order valence-electron chi connectivity index (χ2n) is 10.3. The van der Waals surface area contributed by atoms with Gasteiger partial charge >= 0.3 is 0 Å². The van der Waals surface area contributed by atoms with Crippen LogP contribution in [0.3, 0.4) is 0 Å². The maximum absolute atomic E-state index is 11.8. The van der Waals surface area contributed by atoms with Crippen molar-refractivity contribution < 1.29 is 24.1 Å². The Morgan fingerprint density at radius 3 is 2.69 bits per heavy atom. The molecule has 0 radical (unpaired) electrons. The summed E-state index contributed by atoms with van der Waals surface area (Å²) in [5.41, 5.74) is 3.69. The predicted octanol–water partition coefficient (Wildman–Crippen LogP) is 3.51. The van der Waals surface area contributed by atoms with Gasteiger partial charge in [-0.05, 0) is 62.0 Å². The van der Waals surface area contributed by atoms with Crippen LogP contribution in [0.5, 0.6) is 0 Å². The minimum atomic E-state index is -0.775. The van der Waals surface area contributed by atoms with Crippen LogP contribution in [0.4, 0.5) is 0 Å². The zero-order valence-corrected chi connectivity index (χ0v) is 17.7. The van der Waals surface area contributed by atoms with Crippen molar-refractivity contribution in [3.8, 4) is 0 Å². The van der Waals surface area contributed by atoms with E-state index in [0.29, 0.717) is 38.3 Å². The third-order valence-electron chi connectivity index (χ3n) is 9.37. The molecule has 0 aromatic heterocycles. The standard InChI is InChI=1S/C24H34O5/c1-15-23(25)8-6-20-18-4-3-16-14-24(28-11-9-26-15)21(27-10-12-29-24)13-19(16)17(18)5-7-22(20,23)2/h5,15,18,20-21,25H,3-4,6-14H2,1-2H3/t15?,18-,20-,21?,22+,23+,24?/m1/s1. The Labute approximate surface area is 173 Å². The summed E-state index contributed by atoms with van der Waals surface area (Å²) in [7, 11) is 0. The zero-order chi connectivity index (χ0) is 19.9. The van der Waals surface area contributed by atoms with Gasteiger partial charge in [0.1, 0.15) is 6.10 Å². The van der Waals surface area contributed by atoms with Crippen molar-refractivity contribution >= 4 is 0 Å². The van der Waals surface area contributed by atoms with E-state index in [1.54, 1.807) is 5.57 Å². The van der Waals surface area contributed by atoms with Crippen molar-refractivity contribution in [2.24, 2.45) is 17.3 Å². The molecule has 8 bridgehead atoms. The molecule has 160 valence electrons. The number of hydrogen-bond donors (Lipinski definition) is 1. The first-order valence-electron chi connectivity index (χ1n) is 11.6. The predicted molar refractivity (Wildman–Crippen MR) is 107 cm³/mol. The number of fused-ring (bicyclic) bond motifs is 1. The van der Waals surface area contributed by atoms with Gasteiger partial charge in [0.15, 0.2) is 5.79 Å². The summed E-state index contributed by atoms with van der Waals surface area (Å²) >= 11 is 0. The molecule has 2 saturated heterocycles. The van der Waals surface area contributed by atoms with Crippen LogP contribution in [0, 0.1) is 17.3 Å². The molecule has 0 aromatic carbocycles. The van der Waals surface area contributed by atoms with Gasteiger partial charge in [0.2, 0.25) is 0 Å². The Balaban J connectivity index is 1.47. The number of ether oxygens (including phenoxy) is 4. The summed E-state index contributed by atoms with van der Waals surface area (Å²) < 4.78 is 25.0. The van der Waals surface area contributed by atoms with Crippen molar-refractivity contribution in [1.29, 1.82) is 0 Å². The highest BCUT2D eigenvalue weighted by Gasteiger charge is 2.63. The molecule has 4 aliphatic carbocycles. The molecule has 5 nitrogen and oxygen atoms in total. The van der Waals surface area contributed by atoms with E-state index in [0.717, 1.165) is 38.5 Å². The van der Waals surface area contributed by atoms with Gasteiger partial charge in [-0.15, -0.1) is 0 Å². The van der Waals surface area contributed by atoms with Crippen molar-refractivity contribution in [2.45, 2.75) is 82.4 Å². The van der Waals surface area contributed by atoms with Gasteiger partial charge < -0.3 is 24.1 Å². The molecular weight excluding hydrogens is 368 g/mol. The lowest BCUT2D eigenvalue weighted by Crippen LogP contribution is -2.58. The normalized spacial score (nSPS) is 51.8. The van der Waals surface area contributed by atoms with E-state index in [2.05, 4.69) is 13.0 Å². The minimum absolute atomic E-state index is 0.0381. The fourth-order valence-electron chi connectivity index (χ4n) is 7.73. The Hall–Kier alpha value is -0.720. The Bertz CT molecular complexity index is 773. The first-order chi connectivity index (χ1) is 14.0. The molecule has 0 amide bonds. The fourth-order valence-corrected chi connectivity index (χ4v) is 7.73. The van der Waals surface area contributed by atoms with E-state index in [4.69, 9.17) is 18.9 Å². The molecule has 1 spiro atoms. The van der Waals surface area contributed by atoms with Gasteiger partial charge in [-0.1, -0.05) is 18.6 Å².